The molecule has 0 aromatic heterocycles. The van der Waals surface area contributed by atoms with E-state index in [1.807, 2.05) is 0 Å². The van der Waals surface area contributed by atoms with E-state index in [0.717, 1.165) is 34.1 Å². The zero-order chi connectivity index (χ0) is 70.2. The first-order valence-electron chi connectivity index (χ1n) is 37.5. The van der Waals surface area contributed by atoms with Gasteiger partial charge in [-0.3, -0.25) is 0 Å². The van der Waals surface area contributed by atoms with Gasteiger partial charge in [-0.15, -0.1) is 0 Å². The maximum absolute atomic E-state index is 2.52. The van der Waals surface area contributed by atoms with Crippen LogP contribution in [0.4, 0.5) is 34.1 Å². The highest BCUT2D eigenvalue weighted by atomic mass is 15.1. The monoisotopic (exact) mass is 1350 g/mol. The summed E-state index contributed by atoms with van der Waals surface area (Å²) in [5.74, 6) is 0. The maximum atomic E-state index is 2.52. The second-order valence-electron chi connectivity index (χ2n) is 29.6. The van der Waals surface area contributed by atoms with E-state index < -0.39 is 10.8 Å². The molecule has 23 rings (SSSR count). The largest absolute Gasteiger partial charge is 0.310 e. The zero-order valence-electron chi connectivity index (χ0n) is 58.8. The van der Waals surface area contributed by atoms with Crippen LogP contribution in [0, 0.1) is 6.92 Å². The SMILES string of the molecule is Cc1ccc(N(c2ccccc2)c2ccc3c4c(c5ccccc5c3c2)-c2c(ccc3ccccc23)C42c3ccccc3-c3ccccc32)cc1-c1cccc2c3c(ccc12)C1(c2ccccc2-c2ccccc21)c1c-3c2ccccc2c2cc(N(c3ccccc3)c3ccccc3-c3ccccc3)ccc12. The quantitative estimate of drug-likeness (QED) is 0.140. The first-order chi connectivity index (χ1) is 53.1. The molecule has 0 aliphatic heterocycles. The van der Waals surface area contributed by atoms with Gasteiger partial charge in [-0.1, -0.05) is 315 Å². The maximum Gasteiger partial charge on any atom is 0.0732 e. The minimum Gasteiger partial charge on any atom is -0.310 e. The Morgan fingerprint density at radius 1 is 0.196 bits per heavy atom. The van der Waals surface area contributed by atoms with Crippen LogP contribution in [0.1, 0.15) is 50.1 Å². The molecule has 4 aliphatic rings. The third kappa shape index (κ3) is 8.08. The lowest BCUT2D eigenvalue weighted by molar-refractivity contribution is 0.802. The van der Waals surface area contributed by atoms with Crippen molar-refractivity contribution < 1.29 is 0 Å². The van der Waals surface area contributed by atoms with Gasteiger partial charge >= 0.3 is 0 Å². The minimum absolute atomic E-state index is 0.558. The molecule has 496 valence electrons. The predicted octanol–water partition coefficient (Wildman–Crippen LogP) is 27.9. The second kappa shape index (κ2) is 22.7. The minimum atomic E-state index is -0.646. The van der Waals surface area contributed by atoms with Crippen LogP contribution < -0.4 is 9.80 Å². The van der Waals surface area contributed by atoms with Crippen LogP contribution in [0.15, 0.2) is 382 Å². The summed E-state index contributed by atoms with van der Waals surface area (Å²) < 4.78 is 0. The number of nitrogens with zero attached hydrogens (tertiary/aromatic N) is 2. The van der Waals surface area contributed by atoms with Crippen molar-refractivity contribution in [1.29, 1.82) is 0 Å². The molecule has 0 bridgehead atoms. The van der Waals surface area contributed by atoms with Crippen LogP contribution in [0.3, 0.4) is 0 Å². The summed E-state index contributed by atoms with van der Waals surface area (Å²) in [6.07, 6.45) is 0. The van der Waals surface area contributed by atoms with Gasteiger partial charge < -0.3 is 9.80 Å². The van der Waals surface area contributed by atoms with Crippen molar-refractivity contribution in [3.63, 3.8) is 0 Å². The highest BCUT2D eigenvalue weighted by Gasteiger charge is 2.55. The molecule has 0 fully saturated rings. The molecule has 19 aromatic carbocycles. The zero-order valence-corrected chi connectivity index (χ0v) is 58.8. The van der Waals surface area contributed by atoms with Gasteiger partial charge in [0.15, 0.2) is 0 Å². The number of hydrogen-bond acceptors (Lipinski definition) is 2. The number of aryl methyl sites for hydroxylation is 1. The molecule has 0 saturated heterocycles. The lowest BCUT2D eigenvalue weighted by Crippen LogP contribution is -2.26. The normalized spacial score (nSPS) is 13.4. The third-order valence-corrected chi connectivity index (χ3v) is 24.5. The van der Waals surface area contributed by atoms with Crippen molar-refractivity contribution >= 4 is 98.8 Å². The van der Waals surface area contributed by atoms with Crippen molar-refractivity contribution in [2.45, 2.75) is 17.8 Å². The molecule has 0 unspecified atom stereocenters. The van der Waals surface area contributed by atoms with Gasteiger partial charge in [0.2, 0.25) is 0 Å². The lowest BCUT2D eigenvalue weighted by atomic mass is 9.69. The van der Waals surface area contributed by atoms with E-state index in [-0.39, 0.29) is 0 Å². The number of anilines is 6. The van der Waals surface area contributed by atoms with Crippen molar-refractivity contribution in [2.24, 2.45) is 0 Å². The fraction of sp³-hybridized carbons (Fsp3) is 0.0286. The fourth-order valence-electron chi connectivity index (χ4n) is 20.4. The molecular formula is C105H66N2. The Labute approximate surface area is 621 Å². The average molecular weight is 1360 g/mol. The topological polar surface area (TPSA) is 6.48 Å². The summed E-state index contributed by atoms with van der Waals surface area (Å²) >= 11 is 0. The van der Waals surface area contributed by atoms with Crippen LogP contribution in [-0.2, 0) is 10.8 Å². The molecule has 0 heterocycles. The summed E-state index contributed by atoms with van der Waals surface area (Å²) in [4.78, 5) is 4.95. The Balaban J connectivity index is 0.739. The van der Waals surface area contributed by atoms with E-state index in [1.165, 1.54) is 181 Å². The number of benzene rings is 19. The van der Waals surface area contributed by atoms with Crippen LogP contribution in [0.25, 0.3) is 131 Å². The summed E-state index contributed by atoms with van der Waals surface area (Å²) in [6.45, 7) is 2.29. The molecular weight excluding hydrogens is 1290 g/mol. The molecule has 2 heteroatoms. The van der Waals surface area contributed by atoms with Crippen LogP contribution in [0.5, 0.6) is 0 Å². The molecule has 0 atom stereocenters. The Morgan fingerprint density at radius 3 is 1.14 bits per heavy atom. The van der Waals surface area contributed by atoms with Crippen LogP contribution >= 0.6 is 0 Å². The fourth-order valence-corrected chi connectivity index (χ4v) is 20.4. The molecule has 107 heavy (non-hydrogen) atoms. The van der Waals surface area contributed by atoms with Crippen molar-refractivity contribution in [3.05, 3.63) is 432 Å². The molecule has 0 saturated carbocycles. The van der Waals surface area contributed by atoms with Crippen molar-refractivity contribution in [2.75, 3.05) is 9.80 Å². The smallest absolute Gasteiger partial charge is 0.0732 e. The Kier molecular flexibility index (Phi) is 12.7. The number of rotatable bonds is 8. The summed E-state index contributed by atoms with van der Waals surface area (Å²) in [5, 5.41) is 15.0. The van der Waals surface area contributed by atoms with Gasteiger partial charge in [-0.25, -0.2) is 0 Å². The van der Waals surface area contributed by atoms with Crippen molar-refractivity contribution in [1.82, 2.24) is 0 Å². The van der Waals surface area contributed by atoms with E-state index in [1.54, 1.807) is 0 Å². The van der Waals surface area contributed by atoms with Crippen molar-refractivity contribution in [3.8, 4) is 66.8 Å². The van der Waals surface area contributed by atoms with Gasteiger partial charge in [0.1, 0.15) is 0 Å². The molecule has 4 aliphatic carbocycles. The van der Waals surface area contributed by atoms with Gasteiger partial charge in [-0.2, -0.15) is 0 Å². The van der Waals surface area contributed by atoms with E-state index in [2.05, 4.69) is 399 Å². The Morgan fingerprint density at radius 2 is 0.579 bits per heavy atom. The standard InChI is InChI=1S/C105H66N2/c1-65-52-54-70(106(68-31-7-3-8-32-68)71-55-57-86-89(63-71)76-37-13-15-43-84(76)100-98-74-36-12-11-30-67(74)53-60-95(98)104(102(86)100)91-47-22-17-39-79(91)80-40-18-23-48-92(80)104)62-88(65)75-45-27-46-83-78(75)59-61-96-99(83)101-85-44-16-14-38-77(85)90-64-72(107(69-33-9-4-10-34-69)97-51-26-21-35-73(97)66-28-5-2-6-29-66)56-58-87(90)103(101)105(96)93-49-24-19-41-81(93)82-42-20-25-50-94(82)105/h2-64H,1H3. The highest BCUT2D eigenvalue weighted by Crippen LogP contribution is 2.69. The second-order valence-corrected chi connectivity index (χ2v) is 29.6. The average Bonchev–Trinajstić information content (AvgIpc) is 1.50. The molecule has 2 spiro atoms. The first-order valence-corrected chi connectivity index (χ1v) is 37.5. The van der Waals surface area contributed by atoms with Crippen LogP contribution in [-0.4, -0.2) is 0 Å². The molecule has 19 aromatic rings. The lowest BCUT2D eigenvalue weighted by Gasteiger charge is -2.32. The number of hydrogen-bond donors (Lipinski definition) is 0. The molecule has 0 radical (unpaired) electrons. The number of fused-ring (bicyclic) bond motifs is 34. The van der Waals surface area contributed by atoms with Crippen LogP contribution in [0.2, 0.25) is 0 Å². The van der Waals surface area contributed by atoms with Gasteiger partial charge in [0.25, 0.3) is 0 Å². The van der Waals surface area contributed by atoms with Gasteiger partial charge in [0.05, 0.1) is 16.5 Å². The van der Waals surface area contributed by atoms with E-state index in [4.69, 9.17) is 0 Å². The highest BCUT2D eigenvalue weighted by molar-refractivity contribution is 6.26. The predicted molar refractivity (Wildman–Crippen MR) is 449 cm³/mol. The Hall–Kier alpha value is -13.7. The Bertz CT molecular complexity index is 6940. The summed E-state index contributed by atoms with van der Waals surface area (Å²) in [7, 11) is 0. The number of para-hydroxylation sites is 3. The molecule has 2 nitrogen and oxygen atoms in total. The first kappa shape index (κ1) is 59.8. The van der Waals surface area contributed by atoms with Gasteiger partial charge in [-0.05, 0) is 250 Å². The van der Waals surface area contributed by atoms with E-state index in [0.29, 0.717) is 0 Å². The third-order valence-electron chi connectivity index (χ3n) is 24.5. The van der Waals surface area contributed by atoms with E-state index >= 15 is 0 Å². The van der Waals surface area contributed by atoms with Gasteiger partial charge in [0, 0.05) is 34.0 Å². The summed E-state index contributed by atoms with van der Waals surface area (Å²) in [5.41, 5.74) is 32.5. The molecule has 0 N–H and O–H groups in total. The van der Waals surface area contributed by atoms with E-state index in [9.17, 15) is 0 Å². The summed E-state index contributed by atoms with van der Waals surface area (Å²) in [6, 6.07) is 145. The molecule has 0 amide bonds.